The summed E-state index contributed by atoms with van der Waals surface area (Å²) in [6.07, 6.45) is 0. The first-order valence-corrected chi connectivity index (χ1v) is 5.38. The first kappa shape index (κ1) is 13.1. The summed E-state index contributed by atoms with van der Waals surface area (Å²) in [5.41, 5.74) is 0.521. The van der Waals surface area contributed by atoms with Crippen LogP contribution in [0, 0.1) is 11.6 Å². The van der Waals surface area contributed by atoms with Gasteiger partial charge in [0.25, 0.3) is 0 Å². The largest absolute Gasteiger partial charge is 0.315 e. The quantitative estimate of drug-likeness (QED) is 0.831. The van der Waals surface area contributed by atoms with Crippen molar-refractivity contribution in [2.45, 2.75) is 13.0 Å². The number of likely N-dealkylation sites (N-methyl/N-ethyl adjacent to an activating group) is 2. The van der Waals surface area contributed by atoms with E-state index in [-0.39, 0.29) is 6.04 Å². The van der Waals surface area contributed by atoms with Gasteiger partial charge >= 0.3 is 0 Å². The van der Waals surface area contributed by atoms with E-state index in [2.05, 4.69) is 5.32 Å². The minimum absolute atomic E-state index is 0.0828. The Balaban J connectivity index is 2.92. The fourth-order valence-electron chi connectivity index (χ4n) is 1.62. The number of hydrogen-bond donors (Lipinski definition) is 1. The number of hydrogen-bond acceptors (Lipinski definition) is 2. The molecule has 1 aromatic carbocycles. The number of halogens is 2. The molecule has 4 heteroatoms. The molecule has 0 spiro atoms. The highest BCUT2D eigenvalue weighted by Gasteiger charge is 2.17. The Morgan fingerprint density at radius 2 is 2.00 bits per heavy atom. The molecule has 1 unspecified atom stereocenters. The van der Waals surface area contributed by atoms with Crippen LogP contribution >= 0.6 is 0 Å². The van der Waals surface area contributed by atoms with Crippen molar-refractivity contribution in [2.24, 2.45) is 0 Å². The summed E-state index contributed by atoms with van der Waals surface area (Å²) in [4.78, 5) is 1.92. The molecule has 0 fully saturated rings. The average Bonchev–Trinajstić information content (AvgIpc) is 2.20. The van der Waals surface area contributed by atoms with E-state index in [0.29, 0.717) is 12.1 Å². The molecular weight excluding hydrogens is 210 g/mol. The van der Waals surface area contributed by atoms with E-state index >= 15 is 0 Å². The van der Waals surface area contributed by atoms with Gasteiger partial charge in [-0.15, -0.1) is 0 Å². The van der Waals surface area contributed by atoms with Gasteiger partial charge in [0.2, 0.25) is 0 Å². The summed E-state index contributed by atoms with van der Waals surface area (Å²) >= 11 is 0. The molecule has 0 heterocycles. The maximum Gasteiger partial charge on any atom is 0.130 e. The molecule has 0 aliphatic carbocycles. The van der Waals surface area contributed by atoms with E-state index in [0.717, 1.165) is 12.6 Å². The molecule has 0 aliphatic rings. The summed E-state index contributed by atoms with van der Waals surface area (Å²) in [6, 6.07) is 3.64. The predicted molar refractivity (Wildman–Crippen MR) is 61.3 cm³/mol. The monoisotopic (exact) mass is 228 g/mol. The van der Waals surface area contributed by atoms with Crippen molar-refractivity contribution >= 4 is 0 Å². The molecule has 0 saturated carbocycles. The first-order valence-electron chi connectivity index (χ1n) is 5.38. The summed E-state index contributed by atoms with van der Waals surface area (Å²) < 4.78 is 26.4. The van der Waals surface area contributed by atoms with Crippen LogP contribution in [0.15, 0.2) is 18.2 Å². The second-order valence-electron chi connectivity index (χ2n) is 3.95. The van der Waals surface area contributed by atoms with Crippen LogP contribution in [-0.2, 0) is 0 Å². The summed E-state index contributed by atoms with van der Waals surface area (Å²) in [6.45, 7) is 3.47. The molecule has 90 valence electrons. The lowest BCUT2D eigenvalue weighted by atomic mass is 10.1. The average molecular weight is 228 g/mol. The van der Waals surface area contributed by atoms with Crippen molar-refractivity contribution in [2.75, 3.05) is 27.2 Å². The lowest BCUT2D eigenvalue weighted by Gasteiger charge is -2.25. The van der Waals surface area contributed by atoms with Crippen LogP contribution in [0.25, 0.3) is 0 Å². The van der Waals surface area contributed by atoms with Gasteiger partial charge in [-0.25, -0.2) is 8.78 Å². The minimum atomic E-state index is -0.540. The van der Waals surface area contributed by atoms with Crippen molar-refractivity contribution in [3.8, 4) is 0 Å². The van der Waals surface area contributed by atoms with E-state index < -0.39 is 11.6 Å². The van der Waals surface area contributed by atoms with Crippen molar-refractivity contribution in [3.05, 3.63) is 35.4 Å². The summed E-state index contributed by atoms with van der Waals surface area (Å²) in [7, 11) is 3.76. The van der Waals surface area contributed by atoms with E-state index in [4.69, 9.17) is 0 Å². The Kier molecular flexibility index (Phi) is 4.83. The molecule has 1 N–H and O–H groups in total. The third kappa shape index (κ3) is 3.25. The molecule has 0 saturated heterocycles. The minimum Gasteiger partial charge on any atom is -0.315 e. The second-order valence-corrected chi connectivity index (χ2v) is 3.95. The fourth-order valence-corrected chi connectivity index (χ4v) is 1.62. The molecule has 0 aliphatic heterocycles. The van der Waals surface area contributed by atoms with E-state index in [1.165, 1.54) is 12.1 Å². The van der Waals surface area contributed by atoms with Crippen LogP contribution < -0.4 is 5.32 Å². The molecular formula is C12H18F2N2. The Morgan fingerprint density at radius 3 is 2.50 bits per heavy atom. The smallest absolute Gasteiger partial charge is 0.130 e. The van der Waals surface area contributed by atoms with Crippen LogP contribution in [0.1, 0.15) is 18.5 Å². The van der Waals surface area contributed by atoms with Gasteiger partial charge in [0, 0.05) is 24.2 Å². The zero-order valence-corrected chi connectivity index (χ0v) is 9.93. The normalized spacial score (nSPS) is 13.1. The molecule has 0 radical (unpaired) electrons. The van der Waals surface area contributed by atoms with Crippen molar-refractivity contribution in [1.29, 1.82) is 0 Å². The Labute approximate surface area is 95.3 Å². The highest BCUT2D eigenvalue weighted by Crippen LogP contribution is 2.21. The Morgan fingerprint density at radius 1 is 1.31 bits per heavy atom. The van der Waals surface area contributed by atoms with Gasteiger partial charge in [-0.3, -0.25) is 0 Å². The van der Waals surface area contributed by atoms with Crippen molar-refractivity contribution < 1.29 is 8.78 Å². The molecule has 16 heavy (non-hydrogen) atoms. The Hall–Kier alpha value is -1.00. The van der Waals surface area contributed by atoms with E-state index in [1.807, 2.05) is 25.9 Å². The van der Waals surface area contributed by atoms with Crippen molar-refractivity contribution in [3.63, 3.8) is 0 Å². The van der Waals surface area contributed by atoms with Crippen LogP contribution in [0.5, 0.6) is 0 Å². The third-order valence-corrected chi connectivity index (χ3v) is 2.53. The van der Waals surface area contributed by atoms with Gasteiger partial charge in [0.05, 0.1) is 0 Å². The number of nitrogens with zero attached hydrogens (tertiary/aromatic N) is 1. The molecule has 0 aromatic heterocycles. The van der Waals surface area contributed by atoms with Crippen LogP contribution in [-0.4, -0.2) is 32.1 Å². The van der Waals surface area contributed by atoms with Gasteiger partial charge in [0.15, 0.2) is 0 Å². The van der Waals surface area contributed by atoms with Crippen LogP contribution in [0.2, 0.25) is 0 Å². The number of rotatable bonds is 5. The highest BCUT2D eigenvalue weighted by molar-refractivity contribution is 5.22. The maximum atomic E-state index is 13.6. The topological polar surface area (TPSA) is 15.3 Å². The first-order chi connectivity index (χ1) is 7.56. The van der Waals surface area contributed by atoms with Gasteiger partial charge < -0.3 is 10.2 Å². The molecule has 2 nitrogen and oxygen atoms in total. The van der Waals surface area contributed by atoms with Crippen LogP contribution in [0.3, 0.4) is 0 Å². The standard InChI is InChI=1S/C12H18F2N2/c1-4-15-8-12(16(2)3)10-6-5-9(13)7-11(10)14/h5-7,12,15H,4,8H2,1-3H3. The second kappa shape index (κ2) is 5.92. The summed E-state index contributed by atoms with van der Waals surface area (Å²) in [5, 5.41) is 3.17. The van der Waals surface area contributed by atoms with Gasteiger partial charge in [0.1, 0.15) is 11.6 Å². The van der Waals surface area contributed by atoms with Gasteiger partial charge in [-0.05, 0) is 26.7 Å². The molecule has 1 aromatic rings. The molecule has 1 atom stereocenters. The van der Waals surface area contributed by atoms with Gasteiger partial charge in [-0.2, -0.15) is 0 Å². The summed E-state index contributed by atoms with van der Waals surface area (Å²) in [5.74, 6) is -1.03. The maximum absolute atomic E-state index is 13.6. The number of nitrogens with one attached hydrogen (secondary N) is 1. The van der Waals surface area contributed by atoms with E-state index in [1.54, 1.807) is 0 Å². The SMILES string of the molecule is CCNCC(c1ccc(F)cc1F)N(C)C. The predicted octanol–water partition coefficient (Wildman–Crippen LogP) is 2.18. The van der Waals surface area contributed by atoms with Crippen LogP contribution in [0.4, 0.5) is 8.78 Å². The lowest BCUT2D eigenvalue weighted by molar-refractivity contribution is 0.283. The highest BCUT2D eigenvalue weighted by atomic mass is 19.1. The zero-order valence-electron chi connectivity index (χ0n) is 9.93. The Bertz CT molecular complexity index is 340. The van der Waals surface area contributed by atoms with Crippen molar-refractivity contribution in [1.82, 2.24) is 10.2 Å². The zero-order chi connectivity index (χ0) is 12.1. The van der Waals surface area contributed by atoms with E-state index in [9.17, 15) is 8.78 Å². The van der Waals surface area contributed by atoms with Gasteiger partial charge in [-0.1, -0.05) is 13.0 Å². The molecule has 0 bridgehead atoms. The lowest BCUT2D eigenvalue weighted by Crippen LogP contribution is -2.31. The molecule has 0 amide bonds. The third-order valence-electron chi connectivity index (χ3n) is 2.53. The fraction of sp³-hybridized carbons (Fsp3) is 0.500. The number of benzene rings is 1. The molecule has 1 rings (SSSR count).